The van der Waals surface area contributed by atoms with Gasteiger partial charge in [-0.2, -0.15) is 4.31 Å². The standard InChI is InChI=1S/C22H27ClFN3O3S/c23-19-5-4-6-20(24)18(19)16-25-21-15-17(31(28,29)27-9-2-1-3-10-27)7-8-22(21)26-11-13-30-14-12-26/h4-8,15,25H,1-3,9-14,16H2. The maximum Gasteiger partial charge on any atom is 0.243 e. The first kappa shape index (κ1) is 22.3. The molecule has 0 atom stereocenters. The number of nitrogens with one attached hydrogen (secondary N) is 1. The molecule has 0 unspecified atom stereocenters. The minimum Gasteiger partial charge on any atom is -0.379 e. The summed E-state index contributed by atoms with van der Waals surface area (Å²) >= 11 is 6.18. The summed E-state index contributed by atoms with van der Waals surface area (Å²) in [6, 6.07) is 9.71. The normalized spacial score (nSPS) is 18.2. The molecule has 2 saturated heterocycles. The lowest BCUT2D eigenvalue weighted by atomic mass is 10.2. The van der Waals surface area contributed by atoms with Crippen molar-refractivity contribution in [3.63, 3.8) is 0 Å². The first-order chi connectivity index (χ1) is 15.0. The summed E-state index contributed by atoms with van der Waals surface area (Å²) in [5, 5.41) is 3.57. The zero-order chi connectivity index (χ0) is 21.8. The molecule has 6 nitrogen and oxygen atoms in total. The van der Waals surface area contributed by atoms with Crippen molar-refractivity contribution in [3.05, 3.63) is 52.8 Å². The van der Waals surface area contributed by atoms with Crippen molar-refractivity contribution in [3.8, 4) is 0 Å². The van der Waals surface area contributed by atoms with Crippen LogP contribution in [0.4, 0.5) is 15.8 Å². The Hall–Kier alpha value is -1.87. The molecule has 31 heavy (non-hydrogen) atoms. The van der Waals surface area contributed by atoms with Crippen molar-refractivity contribution in [2.45, 2.75) is 30.7 Å². The molecule has 2 aromatic rings. The fraction of sp³-hybridized carbons (Fsp3) is 0.455. The minimum atomic E-state index is -3.58. The fourth-order valence-corrected chi connectivity index (χ4v) is 5.81. The summed E-state index contributed by atoms with van der Waals surface area (Å²) in [6.45, 7) is 3.85. The predicted molar refractivity (Wildman–Crippen MR) is 121 cm³/mol. The van der Waals surface area contributed by atoms with Gasteiger partial charge in [0.2, 0.25) is 10.0 Å². The molecule has 2 fully saturated rings. The molecule has 2 aliphatic rings. The summed E-state index contributed by atoms with van der Waals surface area (Å²) in [5.41, 5.74) is 1.86. The Kier molecular flexibility index (Phi) is 7.01. The number of anilines is 2. The van der Waals surface area contributed by atoms with Gasteiger partial charge in [-0.15, -0.1) is 0 Å². The number of rotatable bonds is 6. The van der Waals surface area contributed by atoms with E-state index < -0.39 is 15.8 Å². The third-order valence-electron chi connectivity index (χ3n) is 5.79. The van der Waals surface area contributed by atoms with Gasteiger partial charge in [0.05, 0.1) is 29.5 Å². The van der Waals surface area contributed by atoms with Gasteiger partial charge in [-0.25, -0.2) is 12.8 Å². The monoisotopic (exact) mass is 467 g/mol. The molecular weight excluding hydrogens is 441 g/mol. The molecule has 2 heterocycles. The molecule has 4 rings (SSSR count). The van der Waals surface area contributed by atoms with Crippen LogP contribution in [0.1, 0.15) is 24.8 Å². The van der Waals surface area contributed by atoms with Crippen LogP contribution in [-0.4, -0.2) is 52.1 Å². The Bertz CT molecular complexity index is 1000. The molecular formula is C22H27ClFN3O3S. The molecule has 0 amide bonds. The number of nitrogens with zero attached hydrogens (tertiary/aromatic N) is 2. The van der Waals surface area contributed by atoms with Crippen molar-refractivity contribution in [2.75, 3.05) is 49.6 Å². The quantitative estimate of drug-likeness (QED) is 0.693. The van der Waals surface area contributed by atoms with E-state index in [0.717, 1.165) is 24.9 Å². The molecule has 0 radical (unpaired) electrons. The number of morpholine rings is 1. The molecule has 2 aliphatic heterocycles. The lowest BCUT2D eigenvalue weighted by molar-refractivity contribution is 0.123. The highest BCUT2D eigenvalue weighted by molar-refractivity contribution is 7.89. The minimum absolute atomic E-state index is 0.149. The van der Waals surface area contributed by atoms with Gasteiger partial charge in [-0.3, -0.25) is 0 Å². The van der Waals surface area contributed by atoms with Crippen LogP contribution < -0.4 is 10.2 Å². The molecule has 0 aliphatic carbocycles. The third-order valence-corrected chi connectivity index (χ3v) is 8.04. The summed E-state index contributed by atoms with van der Waals surface area (Å²) in [5.74, 6) is -0.398. The number of hydrogen-bond donors (Lipinski definition) is 1. The second kappa shape index (κ2) is 9.73. The highest BCUT2D eigenvalue weighted by Crippen LogP contribution is 2.32. The van der Waals surface area contributed by atoms with Crippen LogP contribution in [0.25, 0.3) is 0 Å². The van der Waals surface area contributed by atoms with Crippen LogP contribution in [0.2, 0.25) is 5.02 Å². The second-order valence-corrected chi connectivity index (χ2v) is 10.1. The lowest BCUT2D eigenvalue weighted by Gasteiger charge is -2.31. The molecule has 168 valence electrons. The first-order valence-electron chi connectivity index (χ1n) is 10.6. The van der Waals surface area contributed by atoms with E-state index in [4.69, 9.17) is 16.3 Å². The maximum atomic E-state index is 14.3. The average Bonchev–Trinajstić information content (AvgIpc) is 2.80. The smallest absolute Gasteiger partial charge is 0.243 e. The number of sulfonamides is 1. The van der Waals surface area contributed by atoms with E-state index >= 15 is 0 Å². The molecule has 2 aromatic carbocycles. The highest BCUT2D eigenvalue weighted by atomic mass is 35.5. The van der Waals surface area contributed by atoms with Gasteiger partial charge in [-0.05, 0) is 43.2 Å². The third kappa shape index (κ3) is 4.98. The lowest BCUT2D eigenvalue weighted by Crippen LogP contribution is -2.37. The maximum absolute atomic E-state index is 14.3. The van der Waals surface area contributed by atoms with Crippen molar-refractivity contribution >= 4 is 33.0 Å². The number of hydrogen-bond acceptors (Lipinski definition) is 5. The predicted octanol–water partition coefficient (Wildman–Crippen LogP) is 4.10. The zero-order valence-electron chi connectivity index (χ0n) is 17.3. The summed E-state index contributed by atoms with van der Waals surface area (Å²) in [7, 11) is -3.58. The average molecular weight is 468 g/mol. The topological polar surface area (TPSA) is 61.9 Å². The molecule has 0 aromatic heterocycles. The van der Waals surface area contributed by atoms with E-state index in [1.807, 2.05) is 6.07 Å². The van der Waals surface area contributed by atoms with Gasteiger partial charge in [0.15, 0.2) is 0 Å². The van der Waals surface area contributed by atoms with Crippen molar-refractivity contribution in [1.82, 2.24) is 4.31 Å². The first-order valence-corrected chi connectivity index (χ1v) is 12.4. The van der Waals surface area contributed by atoms with Crippen LogP contribution in [0, 0.1) is 5.82 Å². The van der Waals surface area contributed by atoms with Gasteiger partial charge in [0, 0.05) is 43.3 Å². The van der Waals surface area contributed by atoms with E-state index in [1.165, 1.54) is 6.07 Å². The largest absolute Gasteiger partial charge is 0.379 e. The Balaban J connectivity index is 1.66. The molecule has 9 heteroatoms. The van der Waals surface area contributed by atoms with Crippen LogP contribution in [0.15, 0.2) is 41.3 Å². The number of halogens is 2. The van der Waals surface area contributed by atoms with Gasteiger partial charge < -0.3 is 15.0 Å². The van der Waals surface area contributed by atoms with E-state index in [1.54, 1.807) is 28.6 Å². The van der Waals surface area contributed by atoms with Gasteiger partial charge in [0.25, 0.3) is 0 Å². The summed E-state index contributed by atoms with van der Waals surface area (Å²) in [6.07, 6.45) is 2.81. The van der Waals surface area contributed by atoms with Gasteiger partial charge in [-0.1, -0.05) is 24.1 Å². The van der Waals surface area contributed by atoms with E-state index in [9.17, 15) is 12.8 Å². The fourth-order valence-electron chi connectivity index (χ4n) is 4.04. The van der Waals surface area contributed by atoms with Crippen LogP contribution >= 0.6 is 11.6 Å². The molecule has 0 saturated carbocycles. The molecule has 0 bridgehead atoms. The Morgan fingerprint density at radius 2 is 1.77 bits per heavy atom. The molecule has 1 N–H and O–H groups in total. The van der Waals surface area contributed by atoms with E-state index in [-0.39, 0.29) is 11.4 Å². The van der Waals surface area contributed by atoms with E-state index in [2.05, 4.69) is 10.2 Å². The Morgan fingerprint density at radius 3 is 2.48 bits per heavy atom. The summed E-state index contributed by atoms with van der Waals surface area (Å²) < 4.78 is 47.7. The Morgan fingerprint density at radius 1 is 1.03 bits per heavy atom. The number of ether oxygens (including phenoxy) is 1. The second-order valence-electron chi connectivity index (χ2n) is 7.80. The number of piperidine rings is 1. The van der Waals surface area contributed by atoms with Crippen LogP contribution in [0.5, 0.6) is 0 Å². The van der Waals surface area contributed by atoms with Crippen LogP contribution in [0.3, 0.4) is 0 Å². The molecule has 0 spiro atoms. The Labute approximate surface area is 188 Å². The van der Waals surface area contributed by atoms with Crippen molar-refractivity contribution < 1.29 is 17.5 Å². The zero-order valence-corrected chi connectivity index (χ0v) is 18.9. The van der Waals surface area contributed by atoms with E-state index in [0.29, 0.717) is 55.7 Å². The highest BCUT2D eigenvalue weighted by Gasteiger charge is 2.27. The van der Waals surface area contributed by atoms with Gasteiger partial charge >= 0.3 is 0 Å². The van der Waals surface area contributed by atoms with Crippen molar-refractivity contribution in [1.29, 1.82) is 0 Å². The summed E-state index contributed by atoms with van der Waals surface area (Å²) in [4.78, 5) is 2.39. The van der Waals surface area contributed by atoms with Gasteiger partial charge in [0.1, 0.15) is 5.82 Å². The number of benzene rings is 2. The van der Waals surface area contributed by atoms with Crippen LogP contribution in [-0.2, 0) is 21.3 Å². The van der Waals surface area contributed by atoms with Crippen molar-refractivity contribution in [2.24, 2.45) is 0 Å². The SMILES string of the molecule is O=S(=O)(c1ccc(N2CCOCC2)c(NCc2c(F)cccc2Cl)c1)N1CCCCC1.